The van der Waals surface area contributed by atoms with E-state index in [1.165, 1.54) is 11.3 Å². The van der Waals surface area contributed by atoms with Gasteiger partial charge in [0.2, 0.25) is 5.91 Å². The van der Waals surface area contributed by atoms with E-state index in [9.17, 15) is 4.79 Å². The molecule has 2 aromatic carbocycles. The molecule has 29 heavy (non-hydrogen) atoms. The summed E-state index contributed by atoms with van der Waals surface area (Å²) in [6.45, 7) is 0. The van der Waals surface area contributed by atoms with E-state index in [1.54, 1.807) is 50.2 Å². The number of halogens is 2. The first-order chi connectivity index (χ1) is 14.0. The third-order valence-corrected chi connectivity index (χ3v) is 6.61. The van der Waals surface area contributed by atoms with Crippen LogP contribution in [0.15, 0.2) is 46.1 Å². The first-order valence-electron chi connectivity index (χ1n) is 8.51. The number of thiazole rings is 1. The molecule has 5 nitrogen and oxygen atoms in total. The van der Waals surface area contributed by atoms with E-state index in [0.717, 1.165) is 15.6 Å². The number of benzene rings is 2. The second-order valence-corrected chi connectivity index (χ2v) is 8.85. The molecule has 9 heteroatoms. The number of anilines is 1. The molecule has 1 N–H and O–H groups in total. The van der Waals surface area contributed by atoms with E-state index in [1.807, 2.05) is 17.5 Å². The minimum absolute atomic E-state index is 0.153. The average molecular weight is 469 g/mol. The van der Waals surface area contributed by atoms with Gasteiger partial charge in [0.15, 0.2) is 11.5 Å². The van der Waals surface area contributed by atoms with Gasteiger partial charge in [-0.15, -0.1) is 11.3 Å². The van der Waals surface area contributed by atoms with E-state index in [0.29, 0.717) is 33.0 Å². The third-order valence-electron chi connectivity index (χ3n) is 3.91. The maximum Gasteiger partial charge on any atom is 0.230 e. The summed E-state index contributed by atoms with van der Waals surface area (Å²) < 4.78 is 11.3. The predicted molar refractivity (Wildman–Crippen MR) is 120 cm³/mol. The molecule has 0 saturated carbocycles. The fourth-order valence-electron chi connectivity index (χ4n) is 2.50. The Hall–Kier alpha value is -1.93. The van der Waals surface area contributed by atoms with Crippen molar-refractivity contribution in [3.05, 3.63) is 63.1 Å². The van der Waals surface area contributed by atoms with Crippen LogP contribution in [0.2, 0.25) is 10.0 Å². The molecule has 0 radical (unpaired) electrons. The van der Waals surface area contributed by atoms with Gasteiger partial charge in [0.25, 0.3) is 0 Å². The van der Waals surface area contributed by atoms with Crippen LogP contribution in [0.4, 0.5) is 5.69 Å². The number of carbonyl (C=O) groups is 1. The monoisotopic (exact) mass is 468 g/mol. The van der Waals surface area contributed by atoms with E-state index in [-0.39, 0.29) is 12.3 Å². The molecule has 1 amide bonds. The summed E-state index contributed by atoms with van der Waals surface area (Å²) in [6, 6.07) is 10.7. The largest absolute Gasteiger partial charge is 0.493 e. The molecule has 3 aromatic rings. The van der Waals surface area contributed by atoms with Crippen molar-refractivity contribution in [3.8, 4) is 11.5 Å². The number of ether oxygens (including phenoxy) is 2. The van der Waals surface area contributed by atoms with Crippen molar-refractivity contribution in [1.29, 1.82) is 0 Å². The molecule has 3 rings (SSSR count). The van der Waals surface area contributed by atoms with Gasteiger partial charge in [0.1, 0.15) is 4.34 Å². The molecule has 0 fully saturated rings. The van der Waals surface area contributed by atoms with Gasteiger partial charge >= 0.3 is 0 Å². The second-order valence-electron chi connectivity index (χ2n) is 5.92. The lowest BCUT2D eigenvalue weighted by molar-refractivity contribution is -0.115. The summed E-state index contributed by atoms with van der Waals surface area (Å²) in [5, 5.41) is 5.99. The Morgan fingerprint density at radius 3 is 2.66 bits per heavy atom. The number of hydrogen-bond acceptors (Lipinski definition) is 6. The van der Waals surface area contributed by atoms with E-state index < -0.39 is 0 Å². The number of amides is 1. The molecular formula is C20H18Cl2N2O3S2. The van der Waals surface area contributed by atoms with Crippen molar-refractivity contribution in [2.24, 2.45) is 0 Å². The number of aromatic nitrogens is 1. The summed E-state index contributed by atoms with van der Waals surface area (Å²) in [7, 11) is 3.12. The fraction of sp³-hybridized carbons (Fsp3) is 0.200. The standard InChI is InChI=1S/C20H18Cl2N2O3S2/c1-26-17-6-5-14(8-18(17)27-2)23-19(25)9-15-11-29-20(24-15)28-10-12-3-4-13(21)7-16(12)22/h3-8,11H,9-10H2,1-2H3,(H,23,25). The molecule has 152 valence electrons. The Labute approximate surface area is 187 Å². The Bertz CT molecular complexity index is 1010. The van der Waals surface area contributed by atoms with Gasteiger partial charge in [-0.3, -0.25) is 4.79 Å². The minimum atomic E-state index is -0.153. The Kier molecular flexibility index (Phi) is 7.66. The van der Waals surface area contributed by atoms with E-state index in [2.05, 4.69) is 10.3 Å². The first-order valence-corrected chi connectivity index (χ1v) is 11.1. The molecule has 1 heterocycles. The average Bonchev–Trinajstić information content (AvgIpc) is 3.14. The van der Waals surface area contributed by atoms with Crippen LogP contribution < -0.4 is 14.8 Å². The molecule has 0 spiro atoms. The topological polar surface area (TPSA) is 60.5 Å². The molecular weight excluding hydrogens is 451 g/mol. The molecule has 0 atom stereocenters. The van der Waals surface area contributed by atoms with E-state index >= 15 is 0 Å². The molecule has 0 aliphatic rings. The number of methoxy groups -OCH3 is 2. The van der Waals surface area contributed by atoms with Gasteiger partial charge in [-0.1, -0.05) is 41.0 Å². The fourth-order valence-corrected chi connectivity index (χ4v) is 4.90. The van der Waals surface area contributed by atoms with Crippen molar-refractivity contribution >= 4 is 57.9 Å². The summed E-state index contributed by atoms with van der Waals surface area (Å²) in [5.41, 5.74) is 2.34. The zero-order valence-corrected chi connectivity index (χ0v) is 18.8. The Morgan fingerprint density at radius 2 is 1.93 bits per heavy atom. The second kappa shape index (κ2) is 10.2. The van der Waals surface area contributed by atoms with Crippen molar-refractivity contribution in [1.82, 2.24) is 4.98 Å². The van der Waals surface area contributed by atoms with Gasteiger partial charge in [-0.2, -0.15) is 0 Å². The van der Waals surface area contributed by atoms with Crippen LogP contribution >= 0.6 is 46.3 Å². The summed E-state index contributed by atoms with van der Waals surface area (Å²) in [6.07, 6.45) is 0.188. The maximum absolute atomic E-state index is 12.3. The van der Waals surface area contributed by atoms with Crippen LogP contribution in [-0.4, -0.2) is 25.1 Å². The summed E-state index contributed by atoms with van der Waals surface area (Å²) in [5.74, 6) is 1.69. The number of nitrogens with one attached hydrogen (secondary N) is 1. The number of nitrogens with zero attached hydrogens (tertiary/aromatic N) is 1. The molecule has 0 aliphatic carbocycles. The maximum atomic E-state index is 12.3. The SMILES string of the molecule is COc1ccc(NC(=O)Cc2csc(SCc3ccc(Cl)cc3Cl)n2)cc1OC. The minimum Gasteiger partial charge on any atom is -0.493 e. The van der Waals surface area contributed by atoms with Crippen molar-refractivity contribution in [3.63, 3.8) is 0 Å². The summed E-state index contributed by atoms with van der Waals surface area (Å²) >= 11 is 15.2. The van der Waals surface area contributed by atoms with Crippen molar-refractivity contribution in [2.45, 2.75) is 16.5 Å². The van der Waals surface area contributed by atoms with Crippen LogP contribution in [0.5, 0.6) is 11.5 Å². The molecule has 0 unspecified atom stereocenters. The Balaban J connectivity index is 1.56. The van der Waals surface area contributed by atoms with Gasteiger partial charge in [0, 0.05) is 32.9 Å². The first kappa shape index (κ1) is 21.8. The molecule has 1 aromatic heterocycles. The van der Waals surface area contributed by atoms with Gasteiger partial charge in [-0.05, 0) is 29.8 Å². The zero-order valence-electron chi connectivity index (χ0n) is 15.7. The highest BCUT2D eigenvalue weighted by molar-refractivity contribution is 8.00. The van der Waals surface area contributed by atoms with Gasteiger partial charge in [-0.25, -0.2) is 4.98 Å². The highest BCUT2D eigenvalue weighted by Gasteiger charge is 2.11. The molecule has 0 saturated heterocycles. The van der Waals surface area contributed by atoms with Gasteiger partial charge in [0.05, 0.1) is 26.3 Å². The normalized spacial score (nSPS) is 10.6. The summed E-state index contributed by atoms with van der Waals surface area (Å²) in [4.78, 5) is 16.9. The number of rotatable bonds is 8. The van der Waals surface area contributed by atoms with Gasteiger partial charge < -0.3 is 14.8 Å². The van der Waals surface area contributed by atoms with Crippen molar-refractivity contribution in [2.75, 3.05) is 19.5 Å². The highest BCUT2D eigenvalue weighted by Crippen LogP contribution is 2.31. The molecule has 0 aliphatic heterocycles. The van der Waals surface area contributed by atoms with Crippen LogP contribution in [0.25, 0.3) is 0 Å². The van der Waals surface area contributed by atoms with Crippen LogP contribution in [-0.2, 0) is 17.0 Å². The third kappa shape index (κ3) is 6.02. The smallest absolute Gasteiger partial charge is 0.230 e. The lowest BCUT2D eigenvalue weighted by Gasteiger charge is -2.10. The lowest BCUT2D eigenvalue weighted by Crippen LogP contribution is -2.14. The zero-order chi connectivity index (χ0) is 20.8. The number of carbonyl (C=O) groups excluding carboxylic acids is 1. The number of hydrogen-bond donors (Lipinski definition) is 1. The molecule has 0 bridgehead atoms. The van der Waals surface area contributed by atoms with E-state index in [4.69, 9.17) is 32.7 Å². The van der Waals surface area contributed by atoms with Crippen LogP contribution in [0, 0.1) is 0 Å². The lowest BCUT2D eigenvalue weighted by atomic mass is 10.2. The number of thioether (sulfide) groups is 1. The predicted octanol–water partition coefficient (Wildman–Crippen LogP) is 5.94. The van der Waals surface area contributed by atoms with Crippen molar-refractivity contribution < 1.29 is 14.3 Å². The Morgan fingerprint density at radius 1 is 1.14 bits per heavy atom. The van der Waals surface area contributed by atoms with Crippen LogP contribution in [0.1, 0.15) is 11.3 Å². The highest BCUT2D eigenvalue weighted by atomic mass is 35.5. The van der Waals surface area contributed by atoms with Crippen LogP contribution in [0.3, 0.4) is 0 Å². The quantitative estimate of drug-likeness (QED) is 0.414.